The van der Waals surface area contributed by atoms with E-state index in [0.29, 0.717) is 6.42 Å². The maximum Gasteiger partial charge on any atom is 0.163 e. The Bertz CT molecular complexity index is 450. The first-order valence-electron chi connectivity index (χ1n) is 7.22. The molecule has 0 N–H and O–H groups in total. The van der Waals surface area contributed by atoms with E-state index in [0.717, 1.165) is 6.42 Å². The second-order valence-electron chi connectivity index (χ2n) is 4.46. The van der Waals surface area contributed by atoms with Crippen LogP contribution >= 0.6 is 39.5 Å². The first kappa shape index (κ1) is 21.6. The third kappa shape index (κ3) is 9.54. The molecule has 0 aromatic heterocycles. The Balaban J connectivity index is 4.50. The molecule has 0 aromatic rings. The number of hydrogen-bond acceptors (Lipinski definition) is 3. The minimum absolute atomic E-state index is 0.140. The van der Waals surface area contributed by atoms with Crippen LogP contribution in [0.3, 0.4) is 0 Å². The third-order valence-corrected chi connectivity index (χ3v) is 5.22. The van der Waals surface area contributed by atoms with E-state index in [4.69, 9.17) is 0 Å². The number of Topliss-reactive ketones (excluding diaryl/α,β-unsaturated/α-hetero) is 1. The standard InChI is InChI=1S/C18H25BrOS2/c1-5-10-15(6-2)11-8-14-22-18(19)17(20)16(7-3)12-9-13-21-4/h5,7-11,13-14,16,18H,3,6,12H2,1-2,4H3/b10-5-,13-9+,14-8+,15-11-. The van der Waals surface area contributed by atoms with Crippen molar-refractivity contribution in [3.63, 3.8) is 0 Å². The molecule has 0 saturated carbocycles. The summed E-state index contributed by atoms with van der Waals surface area (Å²) in [5.41, 5.74) is 1.27. The van der Waals surface area contributed by atoms with Crippen LogP contribution < -0.4 is 0 Å². The van der Waals surface area contributed by atoms with Gasteiger partial charge in [-0.15, -0.1) is 30.1 Å². The predicted molar refractivity (Wildman–Crippen MR) is 109 cm³/mol. The molecule has 0 aromatic carbocycles. The SMILES string of the molecule is C=CC(C/C=C/SC)C(=O)C(Br)S/C=C/C=C(\C=C/C)CC. The average Bonchev–Trinajstić information content (AvgIpc) is 2.53. The van der Waals surface area contributed by atoms with Crippen molar-refractivity contribution in [1.82, 2.24) is 0 Å². The van der Waals surface area contributed by atoms with E-state index in [2.05, 4.69) is 41.6 Å². The lowest BCUT2D eigenvalue weighted by Gasteiger charge is -2.12. The zero-order valence-electron chi connectivity index (χ0n) is 13.5. The van der Waals surface area contributed by atoms with Gasteiger partial charge in [0.2, 0.25) is 0 Å². The average molecular weight is 401 g/mol. The first-order chi connectivity index (χ1) is 10.6. The van der Waals surface area contributed by atoms with E-state index in [-0.39, 0.29) is 15.9 Å². The van der Waals surface area contributed by atoms with Gasteiger partial charge in [0.1, 0.15) is 4.16 Å². The van der Waals surface area contributed by atoms with Crippen LogP contribution in [0.2, 0.25) is 0 Å². The summed E-state index contributed by atoms with van der Waals surface area (Å²) >= 11 is 6.57. The van der Waals surface area contributed by atoms with Gasteiger partial charge in [-0.3, -0.25) is 4.79 Å². The second kappa shape index (κ2) is 14.2. The lowest BCUT2D eigenvalue weighted by Crippen LogP contribution is -2.19. The maximum absolute atomic E-state index is 12.3. The molecule has 0 radical (unpaired) electrons. The highest BCUT2D eigenvalue weighted by molar-refractivity contribution is 9.11. The Hall–Kier alpha value is -0.450. The van der Waals surface area contributed by atoms with Gasteiger partial charge in [-0.2, -0.15) is 0 Å². The summed E-state index contributed by atoms with van der Waals surface area (Å²) in [4.78, 5) is 12.3. The molecule has 4 heteroatoms. The lowest BCUT2D eigenvalue weighted by atomic mass is 10.0. The van der Waals surface area contributed by atoms with Gasteiger partial charge in [-0.05, 0) is 42.4 Å². The van der Waals surface area contributed by atoms with Crippen molar-refractivity contribution >= 4 is 45.2 Å². The number of alkyl halides is 1. The van der Waals surface area contributed by atoms with Crippen molar-refractivity contribution in [2.75, 3.05) is 6.26 Å². The van der Waals surface area contributed by atoms with Gasteiger partial charge in [0.15, 0.2) is 5.78 Å². The molecule has 0 spiro atoms. The van der Waals surface area contributed by atoms with Crippen molar-refractivity contribution in [3.05, 3.63) is 59.4 Å². The van der Waals surface area contributed by atoms with Gasteiger partial charge >= 0.3 is 0 Å². The molecule has 0 bridgehead atoms. The van der Waals surface area contributed by atoms with Crippen molar-refractivity contribution < 1.29 is 4.79 Å². The first-order valence-corrected chi connectivity index (χ1v) is 10.4. The van der Waals surface area contributed by atoms with E-state index in [1.165, 1.54) is 17.3 Å². The molecule has 0 aliphatic heterocycles. The molecule has 0 aliphatic rings. The topological polar surface area (TPSA) is 17.1 Å². The molecular weight excluding hydrogens is 376 g/mol. The summed E-state index contributed by atoms with van der Waals surface area (Å²) in [6.07, 6.45) is 15.6. The Morgan fingerprint density at radius 2 is 2.09 bits per heavy atom. The summed E-state index contributed by atoms with van der Waals surface area (Å²) < 4.78 is -0.241. The van der Waals surface area contributed by atoms with Gasteiger partial charge in [-0.25, -0.2) is 0 Å². The van der Waals surface area contributed by atoms with Crippen LogP contribution in [0.15, 0.2) is 59.4 Å². The summed E-state index contributed by atoms with van der Waals surface area (Å²) in [6, 6.07) is 0. The zero-order chi connectivity index (χ0) is 16.8. The van der Waals surface area contributed by atoms with Crippen LogP contribution in [0.5, 0.6) is 0 Å². The molecule has 122 valence electrons. The van der Waals surface area contributed by atoms with Gasteiger partial charge in [-0.1, -0.05) is 59.3 Å². The fourth-order valence-corrected chi connectivity index (χ4v) is 3.28. The number of hydrogen-bond donors (Lipinski definition) is 0. The highest BCUT2D eigenvalue weighted by Gasteiger charge is 2.21. The molecule has 0 amide bonds. The van der Waals surface area contributed by atoms with E-state index in [1.807, 2.05) is 42.2 Å². The number of ketones is 1. The van der Waals surface area contributed by atoms with Crippen LogP contribution in [0.4, 0.5) is 0 Å². The monoisotopic (exact) mass is 400 g/mol. The van der Waals surface area contributed by atoms with Crippen LogP contribution in [0, 0.1) is 5.92 Å². The largest absolute Gasteiger partial charge is 0.297 e. The highest BCUT2D eigenvalue weighted by atomic mass is 79.9. The Labute approximate surface area is 152 Å². The number of rotatable bonds is 11. The number of allylic oxidation sites excluding steroid dienone is 7. The van der Waals surface area contributed by atoms with Crippen molar-refractivity contribution in [2.45, 2.75) is 30.8 Å². The van der Waals surface area contributed by atoms with Crippen LogP contribution in [0.1, 0.15) is 26.7 Å². The number of carbonyl (C=O) groups excluding carboxylic acids is 1. The Morgan fingerprint density at radius 1 is 1.36 bits per heavy atom. The van der Waals surface area contributed by atoms with Gasteiger partial charge in [0, 0.05) is 5.92 Å². The van der Waals surface area contributed by atoms with Crippen molar-refractivity contribution in [2.24, 2.45) is 5.92 Å². The molecule has 0 saturated heterocycles. The van der Waals surface area contributed by atoms with E-state index in [1.54, 1.807) is 17.8 Å². The van der Waals surface area contributed by atoms with Gasteiger partial charge in [0.05, 0.1) is 0 Å². The molecule has 0 aliphatic carbocycles. The smallest absolute Gasteiger partial charge is 0.163 e. The molecule has 0 rings (SSSR count). The van der Waals surface area contributed by atoms with Crippen molar-refractivity contribution in [1.29, 1.82) is 0 Å². The van der Waals surface area contributed by atoms with Crippen LogP contribution in [-0.4, -0.2) is 16.2 Å². The van der Waals surface area contributed by atoms with Crippen molar-refractivity contribution in [3.8, 4) is 0 Å². The molecule has 22 heavy (non-hydrogen) atoms. The van der Waals surface area contributed by atoms with E-state index < -0.39 is 0 Å². The molecule has 1 nitrogen and oxygen atoms in total. The zero-order valence-corrected chi connectivity index (χ0v) is 16.7. The Morgan fingerprint density at radius 3 is 2.64 bits per heavy atom. The van der Waals surface area contributed by atoms with Crippen LogP contribution in [-0.2, 0) is 4.79 Å². The lowest BCUT2D eigenvalue weighted by molar-refractivity contribution is -0.119. The van der Waals surface area contributed by atoms with E-state index >= 15 is 0 Å². The molecule has 0 heterocycles. The maximum atomic E-state index is 12.3. The molecule has 2 unspecified atom stereocenters. The predicted octanol–water partition coefficient (Wildman–Crippen LogP) is 6.50. The van der Waals surface area contributed by atoms with Crippen LogP contribution in [0.25, 0.3) is 0 Å². The second-order valence-corrected chi connectivity index (χ2v) is 7.74. The minimum Gasteiger partial charge on any atom is -0.297 e. The number of halogens is 1. The molecule has 2 atom stereocenters. The minimum atomic E-state index is -0.241. The normalized spacial score (nSPS) is 15.7. The molecule has 0 fully saturated rings. The van der Waals surface area contributed by atoms with Gasteiger partial charge < -0.3 is 0 Å². The highest BCUT2D eigenvalue weighted by Crippen LogP contribution is 2.25. The summed E-state index contributed by atoms with van der Waals surface area (Å²) in [6.45, 7) is 7.90. The van der Waals surface area contributed by atoms with Gasteiger partial charge in [0.25, 0.3) is 0 Å². The van der Waals surface area contributed by atoms with E-state index in [9.17, 15) is 4.79 Å². The number of thioether (sulfide) groups is 2. The summed E-state index contributed by atoms with van der Waals surface area (Å²) in [5.74, 6) is 0.0157. The Kier molecular flexibility index (Phi) is 13.9. The third-order valence-electron chi connectivity index (χ3n) is 2.87. The fourth-order valence-electron chi connectivity index (χ4n) is 1.64. The summed E-state index contributed by atoms with van der Waals surface area (Å²) in [5, 5.41) is 3.95. The number of carbonyl (C=O) groups is 1. The molecular formula is C18H25BrOS2. The quantitative estimate of drug-likeness (QED) is 0.223. The summed E-state index contributed by atoms with van der Waals surface area (Å²) in [7, 11) is 0. The fraction of sp³-hybridized carbons (Fsp3) is 0.389.